The molecule has 0 aliphatic carbocycles. The summed E-state index contributed by atoms with van der Waals surface area (Å²) < 4.78 is 11.3. The van der Waals surface area contributed by atoms with E-state index in [1.807, 2.05) is 45.9 Å². The number of amides is 1. The smallest absolute Gasteiger partial charge is 0.258 e. The predicted molar refractivity (Wildman–Crippen MR) is 102 cm³/mol. The Morgan fingerprint density at radius 1 is 1.16 bits per heavy atom. The van der Waals surface area contributed by atoms with Gasteiger partial charge in [0.15, 0.2) is 18.1 Å². The first-order valence-corrected chi connectivity index (χ1v) is 9.11. The Labute approximate surface area is 152 Å². The summed E-state index contributed by atoms with van der Waals surface area (Å²) in [7, 11) is 0. The predicted octanol–water partition coefficient (Wildman–Crippen LogP) is 3.51. The molecule has 5 nitrogen and oxygen atoms in total. The van der Waals surface area contributed by atoms with Crippen molar-refractivity contribution in [3.8, 4) is 11.5 Å². The molecule has 1 aromatic rings. The fourth-order valence-corrected chi connectivity index (χ4v) is 2.27. The van der Waals surface area contributed by atoms with Crippen LogP contribution in [0.15, 0.2) is 18.2 Å². The van der Waals surface area contributed by atoms with E-state index >= 15 is 0 Å². The van der Waals surface area contributed by atoms with Crippen LogP contribution in [0.3, 0.4) is 0 Å². The van der Waals surface area contributed by atoms with Crippen molar-refractivity contribution in [1.82, 2.24) is 10.6 Å². The van der Waals surface area contributed by atoms with Gasteiger partial charge in [0.1, 0.15) is 0 Å². The molecule has 0 atom stereocenters. The Morgan fingerprint density at radius 2 is 1.88 bits per heavy atom. The van der Waals surface area contributed by atoms with Crippen LogP contribution in [0.1, 0.15) is 53.5 Å². The molecule has 0 unspecified atom stereocenters. The van der Waals surface area contributed by atoms with Crippen molar-refractivity contribution < 1.29 is 14.3 Å². The van der Waals surface area contributed by atoms with Crippen LogP contribution in [0.25, 0.3) is 0 Å². The minimum absolute atomic E-state index is 0.0245. The Bertz CT molecular complexity index is 536. The van der Waals surface area contributed by atoms with Crippen LogP contribution in [0.4, 0.5) is 0 Å². The maximum Gasteiger partial charge on any atom is 0.258 e. The molecule has 0 fully saturated rings. The monoisotopic (exact) mass is 350 g/mol. The minimum atomic E-state index is -0.269. The molecule has 1 rings (SSSR count). The van der Waals surface area contributed by atoms with E-state index in [0.29, 0.717) is 24.0 Å². The number of ether oxygens (including phenoxy) is 2. The van der Waals surface area contributed by atoms with Crippen LogP contribution in [-0.4, -0.2) is 31.2 Å². The third-order valence-corrected chi connectivity index (χ3v) is 3.41. The van der Waals surface area contributed by atoms with Gasteiger partial charge in [0.2, 0.25) is 0 Å². The summed E-state index contributed by atoms with van der Waals surface area (Å²) in [4.78, 5) is 11.9. The second-order valence-corrected chi connectivity index (χ2v) is 7.66. The normalized spacial score (nSPS) is 11.5. The van der Waals surface area contributed by atoms with Crippen molar-refractivity contribution in [3.05, 3.63) is 23.8 Å². The molecule has 5 heteroatoms. The zero-order valence-corrected chi connectivity index (χ0v) is 16.6. The van der Waals surface area contributed by atoms with Gasteiger partial charge < -0.3 is 20.1 Å². The Morgan fingerprint density at radius 3 is 2.48 bits per heavy atom. The van der Waals surface area contributed by atoms with Gasteiger partial charge in [-0.25, -0.2) is 0 Å². The quantitative estimate of drug-likeness (QED) is 0.634. The average molecular weight is 351 g/mol. The maximum absolute atomic E-state index is 11.9. The number of benzene rings is 1. The van der Waals surface area contributed by atoms with Crippen molar-refractivity contribution in [3.63, 3.8) is 0 Å². The van der Waals surface area contributed by atoms with Gasteiger partial charge >= 0.3 is 0 Å². The zero-order valence-electron chi connectivity index (χ0n) is 16.6. The van der Waals surface area contributed by atoms with Gasteiger partial charge in [-0.3, -0.25) is 4.79 Å². The molecule has 0 aliphatic heterocycles. The molecule has 0 radical (unpaired) electrons. The SMILES string of the molecule is CCOc1cc(CNCCC(C)C)ccc1OCC(=O)NC(C)(C)C. The van der Waals surface area contributed by atoms with Crippen molar-refractivity contribution in [1.29, 1.82) is 0 Å². The number of carbonyl (C=O) groups is 1. The number of carbonyl (C=O) groups excluding carboxylic acids is 1. The van der Waals surface area contributed by atoms with Crippen molar-refractivity contribution in [2.45, 2.75) is 60.0 Å². The van der Waals surface area contributed by atoms with Crippen LogP contribution in [-0.2, 0) is 11.3 Å². The number of rotatable bonds is 10. The lowest BCUT2D eigenvalue weighted by Crippen LogP contribution is -2.43. The lowest BCUT2D eigenvalue weighted by molar-refractivity contribution is -0.124. The summed E-state index contributed by atoms with van der Waals surface area (Å²) >= 11 is 0. The maximum atomic E-state index is 11.9. The van der Waals surface area contributed by atoms with Gasteiger partial charge in [-0.15, -0.1) is 0 Å². The molecule has 1 aromatic carbocycles. The van der Waals surface area contributed by atoms with Gasteiger partial charge in [0.05, 0.1) is 6.61 Å². The molecule has 0 aromatic heterocycles. The van der Waals surface area contributed by atoms with Crippen molar-refractivity contribution in [2.75, 3.05) is 19.8 Å². The van der Waals surface area contributed by atoms with Gasteiger partial charge in [-0.2, -0.15) is 0 Å². The van der Waals surface area contributed by atoms with Gasteiger partial charge in [-0.1, -0.05) is 19.9 Å². The van der Waals surface area contributed by atoms with Gasteiger partial charge in [0, 0.05) is 12.1 Å². The number of hydrogen-bond acceptors (Lipinski definition) is 4. The second-order valence-electron chi connectivity index (χ2n) is 7.66. The largest absolute Gasteiger partial charge is 0.490 e. The van der Waals surface area contributed by atoms with E-state index in [0.717, 1.165) is 25.1 Å². The second kappa shape index (κ2) is 10.3. The van der Waals surface area contributed by atoms with E-state index in [1.54, 1.807) is 0 Å². The summed E-state index contributed by atoms with van der Waals surface area (Å²) in [5.74, 6) is 1.82. The van der Waals surface area contributed by atoms with Crippen LogP contribution in [0, 0.1) is 5.92 Å². The molecule has 25 heavy (non-hydrogen) atoms. The highest BCUT2D eigenvalue weighted by molar-refractivity contribution is 5.78. The molecule has 0 saturated heterocycles. The first kappa shape index (κ1) is 21.3. The number of hydrogen-bond donors (Lipinski definition) is 2. The average Bonchev–Trinajstić information content (AvgIpc) is 2.49. The first-order chi connectivity index (χ1) is 11.7. The standard InChI is InChI=1S/C20H34N2O3/c1-7-24-18-12-16(13-21-11-10-15(2)3)8-9-17(18)25-14-19(23)22-20(4,5)6/h8-9,12,15,21H,7,10-11,13-14H2,1-6H3,(H,22,23). The third kappa shape index (κ3) is 9.34. The van der Waals surface area contributed by atoms with Crippen molar-refractivity contribution >= 4 is 5.91 Å². The van der Waals surface area contributed by atoms with Crippen LogP contribution in [0.2, 0.25) is 0 Å². The third-order valence-electron chi connectivity index (χ3n) is 3.41. The Kier molecular flexibility index (Phi) is 8.76. The Hall–Kier alpha value is -1.75. The Balaban J connectivity index is 2.62. The van der Waals surface area contributed by atoms with E-state index in [2.05, 4.69) is 24.5 Å². The minimum Gasteiger partial charge on any atom is -0.490 e. The molecule has 1 amide bonds. The molecule has 0 saturated carbocycles. The van der Waals surface area contributed by atoms with E-state index in [1.165, 1.54) is 0 Å². The lowest BCUT2D eigenvalue weighted by Gasteiger charge is -2.21. The summed E-state index contributed by atoms with van der Waals surface area (Å²) in [6.45, 7) is 14.5. The van der Waals surface area contributed by atoms with Gasteiger partial charge in [-0.05, 0) is 64.3 Å². The molecule has 0 heterocycles. The highest BCUT2D eigenvalue weighted by Crippen LogP contribution is 2.28. The molecule has 0 spiro atoms. The first-order valence-electron chi connectivity index (χ1n) is 9.11. The fourth-order valence-electron chi connectivity index (χ4n) is 2.27. The van der Waals surface area contributed by atoms with Crippen molar-refractivity contribution in [2.24, 2.45) is 5.92 Å². The topological polar surface area (TPSA) is 59.6 Å². The van der Waals surface area contributed by atoms with E-state index in [9.17, 15) is 4.79 Å². The summed E-state index contributed by atoms with van der Waals surface area (Å²) in [5.41, 5.74) is 0.869. The highest BCUT2D eigenvalue weighted by Gasteiger charge is 2.15. The van der Waals surface area contributed by atoms with E-state index < -0.39 is 0 Å². The summed E-state index contributed by atoms with van der Waals surface area (Å²) in [5, 5.41) is 6.32. The zero-order chi connectivity index (χ0) is 18.9. The highest BCUT2D eigenvalue weighted by atomic mass is 16.5. The van der Waals surface area contributed by atoms with Crippen LogP contribution < -0.4 is 20.1 Å². The lowest BCUT2D eigenvalue weighted by atomic mass is 10.1. The molecule has 0 aliphatic rings. The molecular formula is C20H34N2O3. The molecule has 0 bridgehead atoms. The van der Waals surface area contributed by atoms with E-state index in [-0.39, 0.29) is 18.1 Å². The summed E-state index contributed by atoms with van der Waals surface area (Å²) in [6, 6.07) is 5.85. The summed E-state index contributed by atoms with van der Waals surface area (Å²) in [6.07, 6.45) is 1.16. The molecule has 2 N–H and O–H groups in total. The number of nitrogens with one attached hydrogen (secondary N) is 2. The van der Waals surface area contributed by atoms with Crippen LogP contribution in [0.5, 0.6) is 11.5 Å². The molecular weight excluding hydrogens is 316 g/mol. The van der Waals surface area contributed by atoms with Gasteiger partial charge in [0.25, 0.3) is 5.91 Å². The molecule has 142 valence electrons. The van der Waals surface area contributed by atoms with E-state index in [4.69, 9.17) is 9.47 Å². The van der Waals surface area contributed by atoms with Crippen LogP contribution >= 0.6 is 0 Å². The fraction of sp³-hybridized carbons (Fsp3) is 0.650.